The van der Waals surface area contributed by atoms with E-state index in [-0.39, 0.29) is 24.1 Å². The largest absolute Gasteiger partial charge is 0.339 e. The lowest BCUT2D eigenvalue weighted by atomic mass is 9.96. The summed E-state index contributed by atoms with van der Waals surface area (Å²) in [7, 11) is 0. The molecule has 5 heteroatoms. The Hall–Kier alpha value is -2.69. The van der Waals surface area contributed by atoms with Crippen LogP contribution in [0.1, 0.15) is 30.4 Å². The van der Waals surface area contributed by atoms with E-state index in [1.54, 1.807) is 17.0 Å². The van der Waals surface area contributed by atoms with E-state index in [2.05, 4.69) is 5.32 Å². The number of nitrogens with zero attached hydrogens (tertiary/aromatic N) is 1. The molecule has 1 N–H and O–H groups in total. The first-order chi connectivity index (χ1) is 11.6. The van der Waals surface area contributed by atoms with E-state index in [9.17, 15) is 14.0 Å². The van der Waals surface area contributed by atoms with Gasteiger partial charge in [0.15, 0.2) is 0 Å². The summed E-state index contributed by atoms with van der Waals surface area (Å²) in [6.07, 6.45) is 0.117. The van der Waals surface area contributed by atoms with Crippen molar-refractivity contribution in [1.29, 1.82) is 0 Å². The van der Waals surface area contributed by atoms with E-state index >= 15 is 0 Å². The number of anilines is 1. The van der Waals surface area contributed by atoms with Gasteiger partial charge in [0.25, 0.3) is 0 Å². The minimum absolute atomic E-state index is 0.112. The van der Waals surface area contributed by atoms with Crippen LogP contribution < -0.4 is 5.32 Å². The zero-order valence-electron chi connectivity index (χ0n) is 13.5. The van der Waals surface area contributed by atoms with Crippen molar-refractivity contribution >= 4 is 17.5 Å². The standard InChI is InChI=1S/C19H19FN2O2/c1-2-22(12-13-6-5-7-14(20)10-13)18(23)11-16-15-8-3-4-9-17(15)21-19(16)24/h3-10,16H,2,11-12H2,1H3,(H,21,24). The van der Waals surface area contributed by atoms with E-state index in [1.165, 1.54) is 12.1 Å². The van der Waals surface area contributed by atoms with Crippen molar-refractivity contribution in [1.82, 2.24) is 4.90 Å². The smallest absolute Gasteiger partial charge is 0.232 e. The molecule has 3 rings (SSSR count). The molecule has 1 heterocycles. The highest BCUT2D eigenvalue weighted by atomic mass is 19.1. The Balaban J connectivity index is 1.72. The summed E-state index contributed by atoms with van der Waals surface area (Å²) in [5.41, 5.74) is 2.37. The van der Waals surface area contributed by atoms with E-state index in [4.69, 9.17) is 0 Å². The van der Waals surface area contributed by atoms with Crippen molar-refractivity contribution in [2.24, 2.45) is 0 Å². The maximum atomic E-state index is 13.3. The van der Waals surface area contributed by atoms with Gasteiger partial charge in [-0.1, -0.05) is 30.3 Å². The van der Waals surface area contributed by atoms with Gasteiger partial charge in [-0.15, -0.1) is 0 Å². The first-order valence-corrected chi connectivity index (χ1v) is 8.00. The summed E-state index contributed by atoms with van der Waals surface area (Å²) in [5.74, 6) is -1.04. The van der Waals surface area contributed by atoms with Crippen LogP contribution in [0.3, 0.4) is 0 Å². The Labute approximate surface area is 140 Å². The number of rotatable bonds is 5. The summed E-state index contributed by atoms with van der Waals surface area (Å²) in [4.78, 5) is 26.4. The van der Waals surface area contributed by atoms with Gasteiger partial charge in [0, 0.05) is 25.2 Å². The van der Waals surface area contributed by atoms with Gasteiger partial charge in [-0.3, -0.25) is 9.59 Å². The monoisotopic (exact) mass is 326 g/mol. The molecular weight excluding hydrogens is 307 g/mol. The lowest BCUT2D eigenvalue weighted by molar-refractivity contribution is -0.133. The predicted molar refractivity (Wildman–Crippen MR) is 89.9 cm³/mol. The lowest BCUT2D eigenvalue weighted by Crippen LogP contribution is -2.32. The third kappa shape index (κ3) is 3.30. The molecular formula is C19H19FN2O2. The van der Waals surface area contributed by atoms with Crippen LogP contribution in [0, 0.1) is 5.82 Å². The average molecular weight is 326 g/mol. The van der Waals surface area contributed by atoms with Gasteiger partial charge in [-0.25, -0.2) is 4.39 Å². The molecule has 0 aromatic heterocycles. The molecule has 0 spiro atoms. The molecule has 1 unspecified atom stereocenters. The third-order valence-corrected chi connectivity index (χ3v) is 4.29. The fraction of sp³-hybridized carbons (Fsp3) is 0.263. The molecule has 0 aliphatic carbocycles. The Morgan fingerprint density at radius 2 is 2.00 bits per heavy atom. The molecule has 1 aliphatic rings. The van der Waals surface area contributed by atoms with Gasteiger partial charge < -0.3 is 10.2 Å². The van der Waals surface area contributed by atoms with Crippen LogP contribution in [0.15, 0.2) is 48.5 Å². The molecule has 2 aromatic carbocycles. The quantitative estimate of drug-likeness (QED) is 0.916. The number of carbonyl (C=O) groups is 2. The minimum Gasteiger partial charge on any atom is -0.339 e. The second-order valence-electron chi connectivity index (χ2n) is 5.87. The molecule has 1 aliphatic heterocycles. The van der Waals surface area contributed by atoms with E-state index in [1.807, 2.05) is 31.2 Å². The normalized spacial score (nSPS) is 15.8. The summed E-state index contributed by atoms with van der Waals surface area (Å²) in [6.45, 7) is 2.72. The Bertz CT molecular complexity index is 775. The number of fused-ring (bicyclic) bond motifs is 1. The second-order valence-corrected chi connectivity index (χ2v) is 5.87. The molecule has 24 heavy (non-hydrogen) atoms. The number of carbonyl (C=O) groups excluding carboxylic acids is 2. The van der Waals surface area contributed by atoms with Crippen LogP contribution in [-0.2, 0) is 16.1 Å². The molecule has 0 radical (unpaired) electrons. The summed E-state index contributed by atoms with van der Waals surface area (Å²) < 4.78 is 13.3. The Morgan fingerprint density at radius 3 is 2.75 bits per heavy atom. The SMILES string of the molecule is CCN(Cc1cccc(F)c1)C(=O)CC1C(=O)Nc2ccccc21. The van der Waals surface area contributed by atoms with Crippen molar-refractivity contribution in [3.63, 3.8) is 0 Å². The van der Waals surface area contributed by atoms with Crippen molar-refractivity contribution < 1.29 is 14.0 Å². The highest BCUT2D eigenvalue weighted by molar-refractivity contribution is 6.04. The molecule has 0 saturated carbocycles. The van der Waals surface area contributed by atoms with Crippen molar-refractivity contribution in [3.05, 3.63) is 65.5 Å². The molecule has 0 saturated heterocycles. The van der Waals surface area contributed by atoms with E-state index in [0.29, 0.717) is 13.1 Å². The summed E-state index contributed by atoms with van der Waals surface area (Å²) >= 11 is 0. The zero-order chi connectivity index (χ0) is 17.1. The fourth-order valence-electron chi connectivity index (χ4n) is 3.01. The first-order valence-electron chi connectivity index (χ1n) is 8.00. The van der Waals surface area contributed by atoms with Crippen molar-refractivity contribution in [2.45, 2.75) is 25.8 Å². The van der Waals surface area contributed by atoms with Crippen LogP contribution in [0.5, 0.6) is 0 Å². The summed E-state index contributed by atoms with van der Waals surface area (Å²) in [6, 6.07) is 13.6. The highest BCUT2D eigenvalue weighted by Crippen LogP contribution is 2.34. The van der Waals surface area contributed by atoms with Gasteiger partial charge in [0.1, 0.15) is 5.82 Å². The van der Waals surface area contributed by atoms with E-state index in [0.717, 1.165) is 16.8 Å². The topological polar surface area (TPSA) is 49.4 Å². The van der Waals surface area contributed by atoms with Gasteiger partial charge in [0.05, 0.1) is 5.92 Å². The number of nitrogens with one attached hydrogen (secondary N) is 1. The van der Waals surface area contributed by atoms with Gasteiger partial charge in [-0.05, 0) is 36.2 Å². The maximum absolute atomic E-state index is 13.3. The van der Waals surface area contributed by atoms with Crippen LogP contribution >= 0.6 is 0 Å². The van der Waals surface area contributed by atoms with Crippen LogP contribution in [0.4, 0.5) is 10.1 Å². The first kappa shape index (κ1) is 16.2. The predicted octanol–water partition coefficient (Wildman–Crippen LogP) is 3.30. The van der Waals surface area contributed by atoms with E-state index < -0.39 is 5.92 Å². The van der Waals surface area contributed by atoms with Gasteiger partial charge in [0.2, 0.25) is 11.8 Å². The second kappa shape index (κ2) is 6.83. The van der Waals surface area contributed by atoms with Gasteiger partial charge >= 0.3 is 0 Å². The average Bonchev–Trinajstić information content (AvgIpc) is 2.88. The number of para-hydroxylation sites is 1. The highest BCUT2D eigenvalue weighted by Gasteiger charge is 2.33. The molecule has 0 bridgehead atoms. The molecule has 2 amide bonds. The van der Waals surface area contributed by atoms with Crippen LogP contribution in [0.2, 0.25) is 0 Å². The minimum atomic E-state index is -0.463. The number of hydrogen-bond acceptors (Lipinski definition) is 2. The Kier molecular flexibility index (Phi) is 4.60. The van der Waals surface area contributed by atoms with Crippen LogP contribution in [-0.4, -0.2) is 23.3 Å². The van der Waals surface area contributed by atoms with Crippen molar-refractivity contribution in [2.75, 3.05) is 11.9 Å². The molecule has 4 nitrogen and oxygen atoms in total. The summed E-state index contributed by atoms with van der Waals surface area (Å²) in [5, 5.41) is 2.81. The molecule has 2 aromatic rings. The molecule has 124 valence electrons. The van der Waals surface area contributed by atoms with Gasteiger partial charge in [-0.2, -0.15) is 0 Å². The lowest BCUT2D eigenvalue weighted by Gasteiger charge is -2.22. The third-order valence-electron chi connectivity index (χ3n) is 4.29. The van der Waals surface area contributed by atoms with Crippen molar-refractivity contribution in [3.8, 4) is 0 Å². The number of amides is 2. The maximum Gasteiger partial charge on any atom is 0.232 e. The van der Waals surface area contributed by atoms with Crippen LogP contribution in [0.25, 0.3) is 0 Å². The number of halogens is 1. The number of hydrogen-bond donors (Lipinski definition) is 1. The Morgan fingerprint density at radius 1 is 1.21 bits per heavy atom. The molecule has 0 fully saturated rings. The molecule has 1 atom stereocenters. The number of benzene rings is 2. The fourth-order valence-corrected chi connectivity index (χ4v) is 3.01. The zero-order valence-corrected chi connectivity index (χ0v) is 13.5.